The van der Waals surface area contributed by atoms with Crippen LogP contribution in [0.3, 0.4) is 0 Å². The van der Waals surface area contributed by atoms with Crippen molar-refractivity contribution in [1.29, 1.82) is 0 Å². The molecule has 6 heteroatoms. The molecule has 21 heavy (non-hydrogen) atoms. The fraction of sp³-hybridized carbons (Fsp3) is 0.267. The summed E-state index contributed by atoms with van der Waals surface area (Å²) < 4.78 is 7.44. The topological polar surface area (TPSA) is 78.8 Å². The molecule has 0 bridgehead atoms. The molecule has 0 saturated heterocycles. The van der Waals surface area contributed by atoms with E-state index in [0.29, 0.717) is 11.5 Å². The summed E-state index contributed by atoms with van der Waals surface area (Å²) >= 11 is 0. The predicted molar refractivity (Wildman–Crippen MR) is 81.9 cm³/mol. The molecule has 0 aliphatic rings. The van der Waals surface area contributed by atoms with Gasteiger partial charge in [0.2, 0.25) is 0 Å². The summed E-state index contributed by atoms with van der Waals surface area (Å²) in [6, 6.07) is 7.79. The highest BCUT2D eigenvalue weighted by Gasteiger charge is 2.15. The molecular formula is C15H17N5O. The van der Waals surface area contributed by atoms with Gasteiger partial charge in [-0.15, -0.1) is 0 Å². The second-order valence-electron chi connectivity index (χ2n) is 5.12. The normalized spacial score (nSPS) is 11.2. The van der Waals surface area contributed by atoms with Crippen LogP contribution in [0.1, 0.15) is 13.8 Å². The van der Waals surface area contributed by atoms with E-state index >= 15 is 0 Å². The number of aromatic nitrogens is 4. The lowest BCUT2D eigenvalue weighted by Gasteiger charge is -2.10. The molecule has 0 spiro atoms. The number of hydrogen-bond donors (Lipinski definition) is 1. The zero-order chi connectivity index (χ0) is 15.0. The van der Waals surface area contributed by atoms with Crippen LogP contribution < -0.4 is 10.5 Å². The number of nitrogen functional groups attached to an aromatic ring is 1. The molecule has 0 amide bonds. The Hall–Kier alpha value is -2.63. The molecule has 3 rings (SSSR count). The number of nitrogens with zero attached hydrogens (tertiary/aromatic N) is 4. The Morgan fingerprint density at radius 2 is 2.05 bits per heavy atom. The first-order valence-electron chi connectivity index (χ1n) is 6.76. The van der Waals surface area contributed by atoms with Gasteiger partial charge in [0.05, 0.1) is 11.5 Å². The van der Waals surface area contributed by atoms with Gasteiger partial charge in [-0.2, -0.15) is 5.10 Å². The smallest absolute Gasteiger partial charge is 0.163 e. The van der Waals surface area contributed by atoms with Gasteiger partial charge in [0.1, 0.15) is 23.6 Å². The number of nitrogens with two attached hydrogens (primary N) is 1. The quantitative estimate of drug-likeness (QED) is 0.798. The van der Waals surface area contributed by atoms with Gasteiger partial charge < -0.3 is 10.5 Å². The lowest BCUT2D eigenvalue weighted by molar-refractivity contribution is 0.242. The number of aryl methyl sites for hydroxylation is 1. The molecule has 0 unspecified atom stereocenters. The van der Waals surface area contributed by atoms with E-state index in [1.807, 2.05) is 45.2 Å². The molecule has 2 heterocycles. The Morgan fingerprint density at radius 1 is 1.24 bits per heavy atom. The second-order valence-corrected chi connectivity index (χ2v) is 5.12. The van der Waals surface area contributed by atoms with Crippen molar-refractivity contribution in [2.75, 3.05) is 5.73 Å². The van der Waals surface area contributed by atoms with Crippen LogP contribution in [0.2, 0.25) is 0 Å². The molecule has 2 N–H and O–H groups in total. The number of benzene rings is 1. The monoisotopic (exact) mass is 283 g/mol. The Morgan fingerprint density at radius 3 is 2.81 bits per heavy atom. The van der Waals surface area contributed by atoms with Crippen LogP contribution in [0.25, 0.3) is 22.3 Å². The van der Waals surface area contributed by atoms with Crippen molar-refractivity contribution < 1.29 is 4.74 Å². The molecule has 1 aromatic carbocycles. The third kappa shape index (κ3) is 2.40. The first kappa shape index (κ1) is 13.4. The fourth-order valence-electron chi connectivity index (χ4n) is 2.30. The molecule has 0 fully saturated rings. The predicted octanol–water partition coefficient (Wildman–Crippen LogP) is 2.40. The van der Waals surface area contributed by atoms with E-state index < -0.39 is 0 Å². The maximum Gasteiger partial charge on any atom is 0.163 e. The summed E-state index contributed by atoms with van der Waals surface area (Å²) in [6.45, 7) is 3.99. The third-order valence-electron chi connectivity index (χ3n) is 3.13. The SMILES string of the molecule is CC(C)Oc1cccc(-c2nn(C)c3ncnc(N)c23)c1. The zero-order valence-electron chi connectivity index (χ0n) is 12.2. The van der Waals surface area contributed by atoms with Crippen molar-refractivity contribution in [3.63, 3.8) is 0 Å². The molecule has 0 aliphatic heterocycles. The van der Waals surface area contributed by atoms with E-state index in [2.05, 4.69) is 15.1 Å². The van der Waals surface area contributed by atoms with Crippen LogP contribution in [0.4, 0.5) is 5.82 Å². The van der Waals surface area contributed by atoms with Gasteiger partial charge in [0.15, 0.2) is 5.65 Å². The number of ether oxygens (including phenoxy) is 1. The Bertz CT molecular complexity index is 794. The van der Waals surface area contributed by atoms with E-state index in [1.165, 1.54) is 6.33 Å². The van der Waals surface area contributed by atoms with Crippen LogP contribution in [0.15, 0.2) is 30.6 Å². The first-order chi connectivity index (χ1) is 10.1. The number of hydrogen-bond acceptors (Lipinski definition) is 5. The molecule has 0 aliphatic carbocycles. The highest BCUT2D eigenvalue weighted by molar-refractivity contribution is 5.98. The molecule has 108 valence electrons. The average Bonchev–Trinajstić information content (AvgIpc) is 2.77. The Labute approximate surface area is 122 Å². The fourth-order valence-corrected chi connectivity index (χ4v) is 2.30. The molecular weight excluding hydrogens is 266 g/mol. The lowest BCUT2D eigenvalue weighted by Crippen LogP contribution is -2.05. The van der Waals surface area contributed by atoms with E-state index in [-0.39, 0.29) is 6.10 Å². The molecule has 0 atom stereocenters. The molecule has 0 saturated carbocycles. The van der Waals surface area contributed by atoms with E-state index in [4.69, 9.17) is 10.5 Å². The van der Waals surface area contributed by atoms with Crippen LogP contribution >= 0.6 is 0 Å². The van der Waals surface area contributed by atoms with Crippen molar-refractivity contribution in [2.24, 2.45) is 7.05 Å². The van der Waals surface area contributed by atoms with Crippen molar-refractivity contribution >= 4 is 16.9 Å². The third-order valence-corrected chi connectivity index (χ3v) is 3.13. The van der Waals surface area contributed by atoms with E-state index in [9.17, 15) is 0 Å². The van der Waals surface area contributed by atoms with Gasteiger partial charge in [0, 0.05) is 12.6 Å². The summed E-state index contributed by atoms with van der Waals surface area (Å²) in [4.78, 5) is 8.30. The van der Waals surface area contributed by atoms with Crippen molar-refractivity contribution in [2.45, 2.75) is 20.0 Å². The number of rotatable bonds is 3. The van der Waals surface area contributed by atoms with Crippen molar-refractivity contribution in [3.8, 4) is 17.0 Å². The minimum Gasteiger partial charge on any atom is -0.491 e. The summed E-state index contributed by atoms with van der Waals surface area (Å²) in [6.07, 6.45) is 1.57. The highest BCUT2D eigenvalue weighted by Crippen LogP contribution is 2.31. The van der Waals surface area contributed by atoms with Gasteiger partial charge in [-0.3, -0.25) is 0 Å². The zero-order valence-corrected chi connectivity index (χ0v) is 12.2. The van der Waals surface area contributed by atoms with E-state index in [1.54, 1.807) is 4.68 Å². The summed E-state index contributed by atoms with van der Waals surface area (Å²) in [5.74, 6) is 1.23. The Balaban J connectivity index is 2.17. The molecule has 3 aromatic rings. The van der Waals surface area contributed by atoms with Crippen molar-refractivity contribution in [3.05, 3.63) is 30.6 Å². The minimum atomic E-state index is 0.120. The van der Waals surface area contributed by atoms with Gasteiger partial charge in [-0.05, 0) is 26.0 Å². The van der Waals surface area contributed by atoms with Crippen LogP contribution in [-0.4, -0.2) is 25.9 Å². The van der Waals surface area contributed by atoms with Crippen molar-refractivity contribution in [1.82, 2.24) is 19.7 Å². The molecule has 0 radical (unpaired) electrons. The molecule has 2 aromatic heterocycles. The van der Waals surface area contributed by atoms with Crippen LogP contribution in [0.5, 0.6) is 5.75 Å². The minimum absolute atomic E-state index is 0.120. The van der Waals surface area contributed by atoms with E-state index in [0.717, 1.165) is 22.4 Å². The standard InChI is InChI=1S/C15H17N5O/c1-9(2)21-11-6-4-5-10(7-11)13-12-14(16)17-8-18-15(12)20(3)19-13/h4-9H,1-3H3,(H2,16,17,18). The first-order valence-corrected chi connectivity index (χ1v) is 6.76. The number of fused-ring (bicyclic) bond motifs is 1. The largest absolute Gasteiger partial charge is 0.491 e. The van der Waals surface area contributed by atoms with Crippen LogP contribution in [-0.2, 0) is 7.05 Å². The van der Waals surface area contributed by atoms with Gasteiger partial charge in [0.25, 0.3) is 0 Å². The highest BCUT2D eigenvalue weighted by atomic mass is 16.5. The Kier molecular flexibility index (Phi) is 3.21. The summed E-state index contributed by atoms with van der Waals surface area (Å²) in [7, 11) is 1.84. The summed E-state index contributed by atoms with van der Waals surface area (Å²) in [5, 5.41) is 5.29. The second kappa shape index (κ2) is 5.05. The van der Waals surface area contributed by atoms with Crippen LogP contribution in [0, 0.1) is 0 Å². The van der Waals surface area contributed by atoms with Gasteiger partial charge >= 0.3 is 0 Å². The maximum atomic E-state index is 5.99. The van der Waals surface area contributed by atoms with Gasteiger partial charge in [-0.1, -0.05) is 12.1 Å². The summed E-state index contributed by atoms with van der Waals surface area (Å²) in [5.41, 5.74) is 8.40. The number of anilines is 1. The molecule has 6 nitrogen and oxygen atoms in total. The van der Waals surface area contributed by atoms with Gasteiger partial charge in [-0.25, -0.2) is 14.6 Å². The lowest BCUT2D eigenvalue weighted by atomic mass is 10.1. The maximum absolute atomic E-state index is 5.99. The average molecular weight is 283 g/mol.